The van der Waals surface area contributed by atoms with Crippen LogP contribution < -0.4 is 5.73 Å². The maximum absolute atomic E-state index is 5.67. The zero-order chi connectivity index (χ0) is 10.1. The zero-order valence-corrected chi connectivity index (χ0v) is 9.68. The fourth-order valence-corrected chi connectivity index (χ4v) is 1.88. The molecular weight excluding hydrogens is 158 g/mol. The Bertz CT molecular complexity index is 81.3. The molecule has 0 aromatic rings. The number of rotatable bonds is 8. The summed E-state index contributed by atoms with van der Waals surface area (Å²) in [4.78, 5) is 0. The van der Waals surface area contributed by atoms with Crippen molar-refractivity contribution in [3.8, 4) is 0 Å². The molecule has 0 radical (unpaired) electrons. The standard InChI is InChI=1S/C12H27N/c1-4-11(5-2)8-7-9-12(6-3)10-13/h11-12H,4-10,13H2,1-3H3. The van der Waals surface area contributed by atoms with Crippen molar-refractivity contribution < 1.29 is 0 Å². The van der Waals surface area contributed by atoms with E-state index in [1.165, 1.54) is 38.5 Å². The summed E-state index contributed by atoms with van der Waals surface area (Å²) in [7, 11) is 0. The SMILES string of the molecule is CCC(CC)CCCC(CC)CN. The number of nitrogens with two attached hydrogens (primary N) is 1. The summed E-state index contributed by atoms with van der Waals surface area (Å²) in [6.07, 6.45) is 8.06. The monoisotopic (exact) mass is 185 g/mol. The third-order valence-corrected chi connectivity index (χ3v) is 3.29. The molecule has 0 aliphatic rings. The van der Waals surface area contributed by atoms with Gasteiger partial charge in [-0.1, -0.05) is 52.9 Å². The summed E-state index contributed by atoms with van der Waals surface area (Å²) in [5.41, 5.74) is 5.67. The van der Waals surface area contributed by atoms with E-state index in [1.54, 1.807) is 0 Å². The first-order valence-corrected chi connectivity index (χ1v) is 5.98. The van der Waals surface area contributed by atoms with Gasteiger partial charge >= 0.3 is 0 Å². The molecular formula is C12H27N. The van der Waals surface area contributed by atoms with Gasteiger partial charge in [0.1, 0.15) is 0 Å². The summed E-state index contributed by atoms with van der Waals surface area (Å²) in [6.45, 7) is 7.72. The van der Waals surface area contributed by atoms with Crippen molar-refractivity contribution >= 4 is 0 Å². The number of hydrogen-bond donors (Lipinski definition) is 1. The molecule has 0 fully saturated rings. The molecule has 0 saturated heterocycles. The van der Waals surface area contributed by atoms with Crippen molar-refractivity contribution in [1.82, 2.24) is 0 Å². The maximum atomic E-state index is 5.67. The average molecular weight is 185 g/mol. The van der Waals surface area contributed by atoms with Crippen LogP contribution in [0.15, 0.2) is 0 Å². The molecule has 0 aliphatic heterocycles. The van der Waals surface area contributed by atoms with Crippen LogP contribution >= 0.6 is 0 Å². The minimum Gasteiger partial charge on any atom is -0.330 e. The first-order chi connectivity index (χ1) is 6.28. The van der Waals surface area contributed by atoms with Crippen molar-refractivity contribution in [1.29, 1.82) is 0 Å². The molecule has 1 heteroatoms. The molecule has 0 aliphatic carbocycles. The lowest BCUT2D eigenvalue weighted by atomic mass is 9.92. The lowest BCUT2D eigenvalue weighted by Crippen LogP contribution is -2.13. The van der Waals surface area contributed by atoms with Crippen LogP contribution in [-0.2, 0) is 0 Å². The van der Waals surface area contributed by atoms with Crippen molar-refractivity contribution in [2.24, 2.45) is 17.6 Å². The Kier molecular flexibility index (Phi) is 8.53. The summed E-state index contributed by atoms with van der Waals surface area (Å²) >= 11 is 0. The van der Waals surface area contributed by atoms with Gasteiger partial charge in [0, 0.05) is 0 Å². The van der Waals surface area contributed by atoms with Gasteiger partial charge in [0.05, 0.1) is 0 Å². The van der Waals surface area contributed by atoms with E-state index in [1.807, 2.05) is 0 Å². The Morgan fingerprint density at radius 3 is 1.69 bits per heavy atom. The van der Waals surface area contributed by atoms with Gasteiger partial charge in [-0.15, -0.1) is 0 Å². The number of hydrogen-bond acceptors (Lipinski definition) is 1. The molecule has 13 heavy (non-hydrogen) atoms. The Balaban J connectivity index is 3.41. The van der Waals surface area contributed by atoms with Crippen molar-refractivity contribution in [3.63, 3.8) is 0 Å². The van der Waals surface area contributed by atoms with Gasteiger partial charge < -0.3 is 5.73 Å². The fraction of sp³-hybridized carbons (Fsp3) is 1.00. The van der Waals surface area contributed by atoms with Crippen LogP contribution in [0.2, 0.25) is 0 Å². The zero-order valence-electron chi connectivity index (χ0n) is 9.68. The van der Waals surface area contributed by atoms with E-state index in [4.69, 9.17) is 5.73 Å². The molecule has 0 amide bonds. The van der Waals surface area contributed by atoms with Gasteiger partial charge in [0.15, 0.2) is 0 Å². The Labute approximate surface area is 84.1 Å². The quantitative estimate of drug-likeness (QED) is 0.614. The third-order valence-electron chi connectivity index (χ3n) is 3.29. The molecule has 0 aromatic heterocycles. The molecule has 1 atom stereocenters. The van der Waals surface area contributed by atoms with Crippen LogP contribution in [0.5, 0.6) is 0 Å². The van der Waals surface area contributed by atoms with Crippen LogP contribution in [0.1, 0.15) is 59.3 Å². The van der Waals surface area contributed by atoms with E-state index in [2.05, 4.69) is 20.8 Å². The highest BCUT2D eigenvalue weighted by molar-refractivity contribution is 4.60. The molecule has 0 aromatic carbocycles. The van der Waals surface area contributed by atoms with Gasteiger partial charge in [0.2, 0.25) is 0 Å². The summed E-state index contributed by atoms with van der Waals surface area (Å²) in [5, 5.41) is 0. The molecule has 0 saturated carbocycles. The van der Waals surface area contributed by atoms with Gasteiger partial charge in [-0.3, -0.25) is 0 Å². The second-order valence-corrected chi connectivity index (χ2v) is 4.12. The molecule has 0 bridgehead atoms. The molecule has 1 unspecified atom stereocenters. The fourth-order valence-electron chi connectivity index (χ4n) is 1.88. The largest absolute Gasteiger partial charge is 0.330 e. The minimum absolute atomic E-state index is 0.773. The second-order valence-electron chi connectivity index (χ2n) is 4.12. The first-order valence-electron chi connectivity index (χ1n) is 5.98. The van der Waals surface area contributed by atoms with Gasteiger partial charge in [-0.05, 0) is 24.8 Å². The molecule has 0 heterocycles. The van der Waals surface area contributed by atoms with Gasteiger partial charge in [-0.25, -0.2) is 0 Å². The summed E-state index contributed by atoms with van der Waals surface area (Å²) < 4.78 is 0. The Hall–Kier alpha value is -0.0400. The predicted molar refractivity (Wildman–Crippen MR) is 60.8 cm³/mol. The highest BCUT2D eigenvalue weighted by Gasteiger charge is 2.06. The topological polar surface area (TPSA) is 26.0 Å². The Morgan fingerprint density at radius 2 is 1.31 bits per heavy atom. The van der Waals surface area contributed by atoms with Crippen LogP contribution in [-0.4, -0.2) is 6.54 Å². The molecule has 2 N–H and O–H groups in total. The van der Waals surface area contributed by atoms with Crippen molar-refractivity contribution in [2.45, 2.75) is 59.3 Å². The first kappa shape index (κ1) is 13.0. The van der Waals surface area contributed by atoms with E-state index in [-0.39, 0.29) is 0 Å². The lowest BCUT2D eigenvalue weighted by Gasteiger charge is -2.15. The Morgan fingerprint density at radius 1 is 0.846 bits per heavy atom. The molecule has 80 valence electrons. The van der Waals surface area contributed by atoms with Crippen LogP contribution in [0.25, 0.3) is 0 Å². The summed E-state index contributed by atoms with van der Waals surface area (Å²) in [5.74, 6) is 1.73. The average Bonchev–Trinajstić information content (AvgIpc) is 2.19. The minimum atomic E-state index is 0.773. The van der Waals surface area contributed by atoms with Crippen molar-refractivity contribution in [2.75, 3.05) is 6.54 Å². The van der Waals surface area contributed by atoms with Crippen LogP contribution in [0.4, 0.5) is 0 Å². The molecule has 1 nitrogen and oxygen atoms in total. The van der Waals surface area contributed by atoms with E-state index < -0.39 is 0 Å². The van der Waals surface area contributed by atoms with Crippen molar-refractivity contribution in [3.05, 3.63) is 0 Å². The third kappa shape index (κ3) is 6.09. The smallest absolute Gasteiger partial charge is 0.00490 e. The summed E-state index contributed by atoms with van der Waals surface area (Å²) in [6, 6.07) is 0. The highest BCUT2D eigenvalue weighted by atomic mass is 14.5. The van der Waals surface area contributed by atoms with E-state index >= 15 is 0 Å². The van der Waals surface area contributed by atoms with E-state index in [0.717, 1.165) is 18.4 Å². The van der Waals surface area contributed by atoms with Gasteiger partial charge in [0.25, 0.3) is 0 Å². The van der Waals surface area contributed by atoms with E-state index in [9.17, 15) is 0 Å². The van der Waals surface area contributed by atoms with Crippen LogP contribution in [0.3, 0.4) is 0 Å². The molecule has 0 spiro atoms. The second kappa shape index (κ2) is 8.55. The lowest BCUT2D eigenvalue weighted by molar-refractivity contribution is 0.389. The highest BCUT2D eigenvalue weighted by Crippen LogP contribution is 2.19. The normalized spacial score (nSPS) is 13.6. The maximum Gasteiger partial charge on any atom is -0.00490 e. The van der Waals surface area contributed by atoms with E-state index in [0.29, 0.717) is 0 Å². The van der Waals surface area contributed by atoms with Gasteiger partial charge in [-0.2, -0.15) is 0 Å². The molecule has 0 rings (SSSR count). The van der Waals surface area contributed by atoms with Crippen LogP contribution in [0, 0.1) is 11.8 Å². The predicted octanol–water partition coefficient (Wildman–Crippen LogP) is 3.58.